The Balaban J connectivity index is 1.66. The minimum atomic E-state index is -0.793. The third-order valence-electron chi connectivity index (χ3n) is 5.58. The fourth-order valence-corrected chi connectivity index (χ4v) is 4.80. The van der Waals surface area contributed by atoms with E-state index in [1.54, 1.807) is 22.9 Å². The molecule has 1 atom stereocenters. The van der Waals surface area contributed by atoms with Crippen molar-refractivity contribution in [3.63, 3.8) is 0 Å². The molecule has 2 aromatic carbocycles. The van der Waals surface area contributed by atoms with E-state index in [0.29, 0.717) is 22.4 Å². The summed E-state index contributed by atoms with van der Waals surface area (Å²) in [5, 5.41) is 16.7. The van der Waals surface area contributed by atoms with E-state index in [4.69, 9.17) is 9.72 Å². The number of hydrogen-bond donors (Lipinski definition) is 1. The monoisotopic (exact) mass is 472 g/mol. The Morgan fingerprint density at radius 3 is 2.71 bits per heavy atom. The molecule has 0 saturated heterocycles. The fourth-order valence-electron chi connectivity index (χ4n) is 3.94. The van der Waals surface area contributed by atoms with Gasteiger partial charge in [0.1, 0.15) is 0 Å². The Hall–Kier alpha value is -3.72. The summed E-state index contributed by atoms with van der Waals surface area (Å²) in [6.45, 7) is 3.67. The van der Waals surface area contributed by atoms with Crippen molar-refractivity contribution < 1.29 is 9.53 Å². The number of aromatic nitrogens is 5. The van der Waals surface area contributed by atoms with Gasteiger partial charge in [0.25, 0.3) is 0 Å². The average molecular weight is 473 g/mol. The van der Waals surface area contributed by atoms with E-state index in [1.807, 2.05) is 54.6 Å². The first-order chi connectivity index (χ1) is 16.7. The van der Waals surface area contributed by atoms with Gasteiger partial charge in [-0.1, -0.05) is 73.6 Å². The maximum Gasteiger partial charge on any atom is 0.247 e. The van der Waals surface area contributed by atoms with Gasteiger partial charge in [-0.2, -0.15) is 10.1 Å². The number of carbonyl (C=O) groups excluding carboxylic acids is 1. The summed E-state index contributed by atoms with van der Waals surface area (Å²) < 4.78 is 6.49. The van der Waals surface area contributed by atoms with E-state index in [-0.39, 0.29) is 5.91 Å². The molecule has 0 saturated carbocycles. The average Bonchev–Trinajstić information content (AvgIpc) is 3.29. The first kappa shape index (κ1) is 22.1. The molecule has 8 nitrogen and oxygen atoms in total. The molecule has 5 rings (SSSR count). The van der Waals surface area contributed by atoms with Crippen molar-refractivity contribution in [3.8, 4) is 28.4 Å². The number of benzene rings is 2. The molecule has 0 radical (unpaired) electrons. The Kier molecular flexibility index (Phi) is 6.27. The molecular weight excluding hydrogens is 448 g/mol. The number of fused-ring (bicyclic) bond motifs is 3. The smallest absolute Gasteiger partial charge is 0.247 e. The summed E-state index contributed by atoms with van der Waals surface area (Å²) in [6.07, 6.45) is 3.06. The van der Waals surface area contributed by atoms with Crippen LogP contribution in [0, 0.1) is 0 Å². The lowest BCUT2D eigenvalue weighted by Gasteiger charge is -2.29. The van der Waals surface area contributed by atoms with Crippen molar-refractivity contribution >= 4 is 23.4 Å². The van der Waals surface area contributed by atoms with E-state index in [0.717, 1.165) is 41.0 Å². The number of para-hydroxylation sites is 1. The zero-order chi connectivity index (χ0) is 23.5. The van der Waals surface area contributed by atoms with Crippen LogP contribution in [0.15, 0.2) is 66.0 Å². The predicted molar refractivity (Wildman–Crippen MR) is 131 cm³/mol. The quantitative estimate of drug-likeness (QED) is 0.302. The molecule has 3 heterocycles. The van der Waals surface area contributed by atoms with Gasteiger partial charge in [0.2, 0.25) is 23.2 Å². The zero-order valence-electron chi connectivity index (χ0n) is 18.9. The highest BCUT2D eigenvalue weighted by atomic mass is 32.2. The highest BCUT2D eigenvalue weighted by Crippen LogP contribution is 2.44. The first-order valence-electron chi connectivity index (χ1n) is 11.2. The number of nitrogens with one attached hydrogen (secondary N) is 1. The number of carbonyl (C=O) groups is 1. The van der Waals surface area contributed by atoms with Crippen molar-refractivity contribution in [2.75, 3.05) is 10.7 Å². The molecule has 1 amide bonds. The molecule has 0 fully saturated rings. The van der Waals surface area contributed by atoms with E-state index in [1.165, 1.54) is 6.92 Å². The van der Waals surface area contributed by atoms with Crippen LogP contribution in [0.3, 0.4) is 0 Å². The van der Waals surface area contributed by atoms with Crippen LogP contribution in [0.1, 0.15) is 38.5 Å². The molecule has 172 valence electrons. The summed E-state index contributed by atoms with van der Waals surface area (Å²) in [5.41, 5.74) is 4.37. The van der Waals surface area contributed by atoms with E-state index >= 15 is 0 Å². The van der Waals surface area contributed by atoms with Gasteiger partial charge >= 0.3 is 0 Å². The number of aromatic amines is 1. The number of anilines is 1. The summed E-state index contributed by atoms with van der Waals surface area (Å²) in [4.78, 5) is 19.3. The minimum absolute atomic E-state index is 0.170. The number of hydrogen-bond acceptors (Lipinski definition) is 7. The fraction of sp³-hybridized carbons (Fsp3) is 0.240. The highest BCUT2D eigenvalue weighted by Gasteiger charge is 2.36. The molecule has 0 spiro atoms. The Labute approximate surface area is 201 Å². The lowest BCUT2D eigenvalue weighted by Crippen LogP contribution is -2.36. The molecule has 34 heavy (non-hydrogen) atoms. The third kappa shape index (κ3) is 4.14. The van der Waals surface area contributed by atoms with Crippen LogP contribution in [0.5, 0.6) is 5.88 Å². The third-order valence-corrected chi connectivity index (χ3v) is 6.50. The Morgan fingerprint density at radius 2 is 1.91 bits per heavy atom. The molecule has 4 aromatic rings. The molecule has 2 aromatic heterocycles. The van der Waals surface area contributed by atoms with E-state index in [9.17, 15) is 4.79 Å². The minimum Gasteiger partial charge on any atom is -0.447 e. The van der Waals surface area contributed by atoms with Gasteiger partial charge in [-0.15, -0.1) is 10.2 Å². The van der Waals surface area contributed by atoms with Gasteiger partial charge in [-0.25, -0.2) is 0 Å². The normalized spacial score (nSPS) is 14.6. The van der Waals surface area contributed by atoms with Crippen LogP contribution in [0.4, 0.5) is 5.69 Å². The highest BCUT2D eigenvalue weighted by molar-refractivity contribution is 7.99. The van der Waals surface area contributed by atoms with Gasteiger partial charge in [0, 0.05) is 23.8 Å². The Bertz CT molecular complexity index is 1310. The largest absolute Gasteiger partial charge is 0.447 e. The molecule has 1 aliphatic rings. The maximum atomic E-state index is 13.0. The van der Waals surface area contributed by atoms with Gasteiger partial charge < -0.3 is 4.74 Å². The van der Waals surface area contributed by atoms with Gasteiger partial charge in [-0.05, 0) is 12.5 Å². The predicted octanol–water partition coefficient (Wildman–Crippen LogP) is 5.27. The summed E-state index contributed by atoms with van der Waals surface area (Å²) in [5.74, 6) is 1.07. The number of unbranched alkanes of at least 4 members (excludes halogenated alkanes) is 1. The van der Waals surface area contributed by atoms with Gasteiger partial charge in [0.15, 0.2) is 5.69 Å². The second-order valence-electron chi connectivity index (χ2n) is 7.89. The van der Waals surface area contributed by atoms with Crippen LogP contribution < -0.4 is 9.64 Å². The Morgan fingerprint density at radius 1 is 1.12 bits per heavy atom. The van der Waals surface area contributed by atoms with Gasteiger partial charge in [0.05, 0.1) is 23.1 Å². The van der Waals surface area contributed by atoms with Crippen LogP contribution in [-0.4, -0.2) is 37.0 Å². The summed E-state index contributed by atoms with van der Waals surface area (Å²) in [7, 11) is 0. The van der Waals surface area contributed by atoms with Crippen molar-refractivity contribution in [2.24, 2.45) is 0 Å². The van der Waals surface area contributed by atoms with Crippen LogP contribution in [0.2, 0.25) is 0 Å². The number of ether oxygens (including phenoxy) is 1. The summed E-state index contributed by atoms with van der Waals surface area (Å²) in [6, 6.07) is 17.4. The number of H-pyrrole nitrogens is 1. The van der Waals surface area contributed by atoms with E-state index in [2.05, 4.69) is 27.3 Å². The zero-order valence-corrected chi connectivity index (χ0v) is 19.7. The van der Waals surface area contributed by atoms with Crippen LogP contribution >= 0.6 is 11.8 Å². The van der Waals surface area contributed by atoms with Crippen LogP contribution in [-0.2, 0) is 4.79 Å². The maximum absolute atomic E-state index is 13.0. The second-order valence-corrected chi connectivity index (χ2v) is 8.95. The lowest BCUT2D eigenvalue weighted by molar-refractivity contribution is -0.118. The molecule has 1 N–H and O–H groups in total. The van der Waals surface area contributed by atoms with E-state index < -0.39 is 6.23 Å². The van der Waals surface area contributed by atoms with Crippen molar-refractivity contribution in [1.29, 1.82) is 0 Å². The van der Waals surface area contributed by atoms with Crippen molar-refractivity contribution in [1.82, 2.24) is 25.4 Å². The molecule has 9 heteroatoms. The first-order valence-corrected chi connectivity index (χ1v) is 12.2. The van der Waals surface area contributed by atoms with Gasteiger partial charge in [-0.3, -0.25) is 14.8 Å². The van der Waals surface area contributed by atoms with Crippen LogP contribution in [0.25, 0.3) is 22.5 Å². The second kappa shape index (κ2) is 9.64. The molecule has 0 unspecified atom stereocenters. The number of nitrogens with zero attached hydrogens (tertiary/aromatic N) is 5. The SMILES string of the molecule is CCCCSc1nnc2c(n1)O[C@@H](c1cn[nH]c1-c1ccccc1)N(C(C)=O)c1ccccc1-2. The van der Waals surface area contributed by atoms with Crippen molar-refractivity contribution in [2.45, 2.75) is 38.1 Å². The lowest BCUT2D eigenvalue weighted by atomic mass is 10.1. The molecular formula is C25H24N6O2S. The topological polar surface area (TPSA) is 96.9 Å². The standard InChI is InChI=1S/C25H24N6O2S/c1-3-4-14-34-25-27-23-22(29-30-25)18-12-8-9-13-20(18)31(16(2)32)24(33-23)19-15-26-28-21(19)17-10-6-5-7-11-17/h5-13,15,24H,3-4,14H2,1-2H3,(H,26,28)/t24-/m0/s1. The number of thioether (sulfide) groups is 1. The molecule has 0 aliphatic carbocycles. The molecule has 1 aliphatic heterocycles. The number of rotatable bonds is 6. The summed E-state index contributed by atoms with van der Waals surface area (Å²) >= 11 is 1.55. The van der Waals surface area contributed by atoms with Crippen molar-refractivity contribution in [3.05, 3.63) is 66.4 Å². The molecule has 0 bridgehead atoms. The number of amides is 1.